The summed E-state index contributed by atoms with van der Waals surface area (Å²) in [5.74, 6) is 1.24. The van der Waals surface area contributed by atoms with E-state index in [2.05, 4.69) is 32.1 Å². The number of carbonyl (C=O) groups is 1. The predicted molar refractivity (Wildman–Crippen MR) is 117 cm³/mol. The van der Waals surface area contributed by atoms with Crippen molar-refractivity contribution in [3.05, 3.63) is 35.5 Å². The molecule has 4 rings (SSSR count). The number of rotatable bonds is 7. The van der Waals surface area contributed by atoms with Gasteiger partial charge in [-0.15, -0.1) is 11.3 Å². The maximum Gasteiger partial charge on any atom is 0.246 e. The van der Waals surface area contributed by atoms with E-state index in [1.165, 1.54) is 6.08 Å². The highest BCUT2D eigenvalue weighted by Crippen LogP contribution is 2.23. The summed E-state index contributed by atoms with van der Waals surface area (Å²) in [6.45, 7) is 11.0. The van der Waals surface area contributed by atoms with Crippen LogP contribution in [0.25, 0.3) is 0 Å². The molecule has 30 heavy (non-hydrogen) atoms. The number of ether oxygens (including phenoxy) is 1. The third-order valence-corrected chi connectivity index (χ3v) is 5.96. The Labute approximate surface area is 180 Å². The number of thiazole rings is 1. The van der Waals surface area contributed by atoms with Gasteiger partial charge in [0.2, 0.25) is 11.9 Å². The largest absolute Gasteiger partial charge is 0.379 e. The van der Waals surface area contributed by atoms with Crippen LogP contribution in [0.15, 0.2) is 24.9 Å². The smallest absolute Gasteiger partial charge is 0.246 e. The third kappa shape index (κ3) is 5.32. The van der Waals surface area contributed by atoms with Crippen LogP contribution in [0.4, 0.5) is 16.9 Å². The van der Waals surface area contributed by atoms with E-state index in [9.17, 15) is 4.79 Å². The van der Waals surface area contributed by atoms with E-state index < -0.39 is 0 Å². The average molecular weight is 430 g/mol. The lowest BCUT2D eigenvalue weighted by Crippen LogP contribution is -2.36. The molecule has 10 heteroatoms. The number of likely N-dealkylation sites (tertiary alicyclic amines) is 1. The second kappa shape index (κ2) is 9.50. The minimum absolute atomic E-state index is 0.0310. The monoisotopic (exact) mass is 429 g/mol. The SMILES string of the molecule is C=CC(=O)N1CCC(Nc2cc(CN3CCOCC3)nc(Nc3ncc(C)s3)n2)C1. The highest BCUT2D eigenvalue weighted by Gasteiger charge is 2.25. The third-order valence-electron chi connectivity index (χ3n) is 5.14. The van der Waals surface area contributed by atoms with Crippen molar-refractivity contribution >= 4 is 34.1 Å². The van der Waals surface area contributed by atoms with Crippen LogP contribution in [0.2, 0.25) is 0 Å². The van der Waals surface area contributed by atoms with E-state index in [1.54, 1.807) is 16.2 Å². The summed E-state index contributed by atoms with van der Waals surface area (Å²) in [5, 5.41) is 7.48. The molecular formula is C20H27N7O2S. The highest BCUT2D eigenvalue weighted by atomic mass is 32.1. The average Bonchev–Trinajstić information content (AvgIpc) is 3.37. The molecule has 2 aliphatic rings. The fraction of sp³-hybridized carbons (Fsp3) is 0.500. The van der Waals surface area contributed by atoms with E-state index in [1.807, 2.05) is 19.2 Å². The number of carbonyl (C=O) groups excluding carboxylic acids is 1. The number of morpholine rings is 1. The molecule has 0 aromatic carbocycles. The van der Waals surface area contributed by atoms with Crippen molar-refractivity contribution in [3.63, 3.8) is 0 Å². The maximum atomic E-state index is 11.9. The van der Waals surface area contributed by atoms with Crippen LogP contribution in [-0.4, -0.2) is 76.1 Å². The quantitative estimate of drug-likeness (QED) is 0.646. The molecule has 0 aliphatic carbocycles. The van der Waals surface area contributed by atoms with Crippen molar-refractivity contribution < 1.29 is 9.53 Å². The number of hydrogen-bond acceptors (Lipinski definition) is 9. The van der Waals surface area contributed by atoms with Crippen LogP contribution in [-0.2, 0) is 16.1 Å². The van der Waals surface area contributed by atoms with Crippen molar-refractivity contribution in [2.24, 2.45) is 0 Å². The highest BCUT2D eigenvalue weighted by molar-refractivity contribution is 7.15. The zero-order valence-electron chi connectivity index (χ0n) is 17.1. The Hall–Kier alpha value is -2.56. The number of aryl methyl sites for hydroxylation is 1. The first kappa shape index (κ1) is 20.7. The molecule has 1 atom stereocenters. The lowest BCUT2D eigenvalue weighted by Gasteiger charge is -2.26. The van der Waals surface area contributed by atoms with Crippen LogP contribution >= 0.6 is 11.3 Å². The first-order valence-electron chi connectivity index (χ1n) is 10.1. The fourth-order valence-corrected chi connectivity index (χ4v) is 4.28. The van der Waals surface area contributed by atoms with Gasteiger partial charge in [-0.3, -0.25) is 15.0 Å². The van der Waals surface area contributed by atoms with Crippen molar-refractivity contribution in [3.8, 4) is 0 Å². The second-order valence-electron chi connectivity index (χ2n) is 7.48. The Morgan fingerprint density at radius 2 is 2.20 bits per heavy atom. The van der Waals surface area contributed by atoms with Crippen molar-refractivity contribution in [2.45, 2.75) is 25.9 Å². The van der Waals surface area contributed by atoms with Gasteiger partial charge in [0.1, 0.15) is 5.82 Å². The number of anilines is 3. The first-order chi connectivity index (χ1) is 14.6. The molecule has 0 bridgehead atoms. The molecule has 2 aromatic heterocycles. The molecule has 1 amide bonds. The molecule has 0 saturated carbocycles. The summed E-state index contributed by atoms with van der Waals surface area (Å²) in [6.07, 6.45) is 4.07. The molecule has 2 aromatic rings. The van der Waals surface area contributed by atoms with Crippen molar-refractivity contribution in [1.82, 2.24) is 24.8 Å². The molecule has 2 fully saturated rings. The van der Waals surface area contributed by atoms with Gasteiger partial charge in [0, 0.05) is 55.9 Å². The van der Waals surface area contributed by atoms with E-state index in [0.29, 0.717) is 12.5 Å². The van der Waals surface area contributed by atoms with Gasteiger partial charge in [0.05, 0.1) is 18.9 Å². The van der Waals surface area contributed by atoms with Gasteiger partial charge in [0.25, 0.3) is 0 Å². The fourth-order valence-electron chi connectivity index (χ4n) is 3.62. The van der Waals surface area contributed by atoms with E-state index in [4.69, 9.17) is 9.72 Å². The van der Waals surface area contributed by atoms with Gasteiger partial charge >= 0.3 is 0 Å². The lowest BCUT2D eigenvalue weighted by molar-refractivity contribution is -0.125. The van der Waals surface area contributed by atoms with Crippen LogP contribution in [0.3, 0.4) is 0 Å². The molecule has 2 saturated heterocycles. The zero-order chi connectivity index (χ0) is 20.9. The number of aromatic nitrogens is 3. The van der Waals surface area contributed by atoms with Crippen LogP contribution < -0.4 is 10.6 Å². The Kier molecular flexibility index (Phi) is 6.56. The van der Waals surface area contributed by atoms with E-state index in [-0.39, 0.29) is 11.9 Å². The van der Waals surface area contributed by atoms with Gasteiger partial charge in [-0.2, -0.15) is 4.98 Å². The van der Waals surface area contributed by atoms with Crippen molar-refractivity contribution in [2.75, 3.05) is 50.0 Å². The molecule has 160 valence electrons. The summed E-state index contributed by atoms with van der Waals surface area (Å²) in [6, 6.07) is 2.14. The molecule has 4 heterocycles. The summed E-state index contributed by atoms with van der Waals surface area (Å²) in [4.78, 5) is 30.8. The first-order valence-corrected chi connectivity index (χ1v) is 11.0. The number of nitrogens with one attached hydrogen (secondary N) is 2. The molecule has 9 nitrogen and oxygen atoms in total. The minimum Gasteiger partial charge on any atom is -0.379 e. The Morgan fingerprint density at radius 3 is 2.93 bits per heavy atom. The normalized spacial score (nSPS) is 19.6. The molecule has 2 aliphatic heterocycles. The summed E-state index contributed by atoms with van der Waals surface area (Å²) < 4.78 is 5.45. The Bertz CT molecular complexity index is 897. The molecule has 2 N–H and O–H groups in total. The number of amides is 1. The Morgan fingerprint density at radius 1 is 1.37 bits per heavy atom. The molecule has 1 unspecified atom stereocenters. The van der Waals surface area contributed by atoms with Crippen LogP contribution in [0.5, 0.6) is 0 Å². The maximum absolute atomic E-state index is 11.9. The predicted octanol–water partition coefficient (Wildman–Crippen LogP) is 2.02. The zero-order valence-corrected chi connectivity index (χ0v) is 18.0. The lowest BCUT2D eigenvalue weighted by atomic mass is 10.2. The standard InChI is InChI=1S/C20H27N7O2S/c1-3-18(28)27-5-4-15(13-27)22-17-10-16(12-26-6-8-29-9-7-26)23-19(24-17)25-20-21-11-14(2)30-20/h3,10-11,15H,1,4-9,12-13H2,2H3,(H2,21,22,23,24,25). The molecular weight excluding hydrogens is 402 g/mol. The minimum atomic E-state index is -0.0310. The molecule has 0 radical (unpaired) electrons. The van der Waals surface area contributed by atoms with E-state index in [0.717, 1.165) is 67.3 Å². The van der Waals surface area contributed by atoms with Gasteiger partial charge in [0.15, 0.2) is 5.13 Å². The topological polar surface area (TPSA) is 95.5 Å². The number of hydrogen-bond donors (Lipinski definition) is 2. The summed E-state index contributed by atoms with van der Waals surface area (Å²) in [7, 11) is 0. The van der Waals surface area contributed by atoms with Crippen molar-refractivity contribution in [1.29, 1.82) is 0 Å². The van der Waals surface area contributed by atoms with Gasteiger partial charge < -0.3 is 15.0 Å². The summed E-state index contributed by atoms with van der Waals surface area (Å²) in [5.41, 5.74) is 0.933. The van der Waals surface area contributed by atoms with Gasteiger partial charge in [-0.05, 0) is 19.4 Å². The number of nitrogens with zero attached hydrogens (tertiary/aromatic N) is 5. The van der Waals surface area contributed by atoms with Crippen LogP contribution in [0, 0.1) is 6.92 Å². The summed E-state index contributed by atoms with van der Waals surface area (Å²) >= 11 is 1.57. The molecule has 0 spiro atoms. The van der Waals surface area contributed by atoms with E-state index >= 15 is 0 Å². The van der Waals surface area contributed by atoms with Gasteiger partial charge in [-0.1, -0.05) is 6.58 Å². The van der Waals surface area contributed by atoms with Crippen LogP contribution in [0.1, 0.15) is 17.0 Å². The van der Waals surface area contributed by atoms with Gasteiger partial charge in [-0.25, -0.2) is 9.97 Å². The Balaban J connectivity index is 1.50. The second-order valence-corrected chi connectivity index (χ2v) is 8.71.